The van der Waals surface area contributed by atoms with Crippen molar-refractivity contribution < 1.29 is 20.1 Å². The van der Waals surface area contributed by atoms with Gasteiger partial charge in [-0.15, -0.1) is 0 Å². The summed E-state index contributed by atoms with van der Waals surface area (Å²) in [6, 6.07) is 0. The van der Waals surface area contributed by atoms with E-state index in [1.54, 1.807) is 0 Å². The highest BCUT2D eigenvalue weighted by Gasteiger charge is 2.33. The van der Waals surface area contributed by atoms with Crippen LogP contribution in [0.5, 0.6) is 0 Å². The molecule has 0 saturated heterocycles. The lowest BCUT2D eigenvalue weighted by molar-refractivity contribution is -0.136. The molecule has 0 aromatic carbocycles. The number of carbonyl (C=O) groups is 1. The first-order chi connectivity index (χ1) is 12.0. The fourth-order valence-corrected chi connectivity index (χ4v) is 3.18. The number of hydrogen-bond donors (Lipinski definition) is 4. The van der Waals surface area contributed by atoms with Gasteiger partial charge < -0.3 is 20.6 Å². The fraction of sp³-hybridized carbons (Fsp3) is 0.762. The minimum atomic E-state index is -0.929. The van der Waals surface area contributed by atoms with Crippen molar-refractivity contribution in [2.45, 2.75) is 78.9 Å². The Hall–Kier alpha value is -1.17. The molecular formula is C21H39NO4. The number of carboxylic acid groups (broad SMARTS) is 1. The lowest BCUT2D eigenvalue weighted by Crippen LogP contribution is -2.41. The van der Waals surface area contributed by atoms with Crippen LogP contribution in [0.25, 0.3) is 0 Å². The number of hydrogen-bond acceptors (Lipinski definition) is 4. The smallest absolute Gasteiger partial charge is 0.317 e. The molecule has 2 unspecified atom stereocenters. The molecule has 0 heterocycles. The summed E-state index contributed by atoms with van der Waals surface area (Å²) in [6.07, 6.45) is 11.5. The molecule has 0 bridgehead atoms. The van der Waals surface area contributed by atoms with Crippen molar-refractivity contribution >= 4 is 5.97 Å². The van der Waals surface area contributed by atoms with E-state index >= 15 is 0 Å². The Morgan fingerprint density at radius 3 is 2.35 bits per heavy atom. The van der Waals surface area contributed by atoms with Crippen molar-refractivity contribution in [2.75, 3.05) is 13.1 Å². The van der Waals surface area contributed by atoms with Crippen LogP contribution in [0.3, 0.4) is 0 Å². The Morgan fingerprint density at radius 2 is 1.77 bits per heavy atom. The second-order valence-electron chi connectivity index (χ2n) is 8.44. The third-order valence-electron chi connectivity index (χ3n) is 4.47. The second kappa shape index (κ2) is 12.3. The predicted octanol–water partition coefficient (Wildman–Crippen LogP) is 3.52. The van der Waals surface area contributed by atoms with E-state index in [1.807, 2.05) is 19.9 Å². The van der Waals surface area contributed by atoms with Crippen LogP contribution in [0.2, 0.25) is 0 Å². The normalized spacial score (nSPS) is 15.7. The third-order valence-corrected chi connectivity index (χ3v) is 4.47. The van der Waals surface area contributed by atoms with Gasteiger partial charge >= 0.3 is 5.97 Å². The summed E-state index contributed by atoms with van der Waals surface area (Å²) < 4.78 is 0. The highest BCUT2D eigenvalue weighted by atomic mass is 16.4. The maximum atomic E-state index is 10.6. The van der Waals surface area contributed by atoms with Gasteiger partial charge in [-0.3, -0.25) is 4.79 Å². The van der Waals surface area contributed by atoms with E-state index in [0.29, 0.717) is 6.42 Å². The summed E-state index contributed by atoms with van der Waals surface area (Å²) in [7, 11) is 0. The zero-order chi connectivity index (χ0) is 20.2. The molecule has 0 aromatic heterocycles. The molecule has 0 amide bonds. The number of aliphatic hydroxyl groups is 2. The minimum Gasteiger partial charge on any atom is -0.480 e. The van der Waals surface area contributed by atoms with E-state index in [0.717, 1.165) is 25.7 Å². The first-order valence-electron chi connectivity index (χ1n) is 9.61. The highest BCUT2D eigenvalue weighted by Crippen LogP contribution is 2.37. The Kier molecular flexibility index (Phi) is 11.7. The monoisotopic (exact) mass is 369 g/mol. The Bertz CT molecular complexity index is 455. The van der Waals surface area contributed by atoms with Crippen molar-refractivity contribution in [2.24, 2.45) is 10.8 Å². The number of aliphatic hydroxyl groups excluding tert-OH is 2. The van der Waals surface area contributed by atoms with Crippen molar-refractivity contribution in [3.05, 3.63) is 24.3 Å². The molecule has 0 rings (SSSR count). The van der Waals surface area contributed by atoms with Gasteiger partial charge in [0.25, 0.3) is 0 Å². The topological polar surface area (TPSA) is 89.8 Å². The molecule has 0 spiro atoms. The van der Waals surface area contributed by atoms with Crippen LogP contribution >= 0.6 is 0 Å². The molecule has 0 aliphatic heterocycles. The average molecular weight is 370 g/mol. The van der Waals surface area contributed by atoms with Gasteiger partial charge in [0, 0.05) is 6.54 Å². The summed E-state index contributed by atoms with van der Waals surface area (Å²) in [6.45, 7) is 10.4. The van der Waals surface area contributed by atoms with E-state index < -0.39 is 12.1 Å². The molecule has 26 heavy (non-hydrogen) atoms. The van der Waals surface area contributed by atoms with Gasteiger partial charge in [-0.2, -0.15) is 0 Å². The van der Waals surface area contributed by atoms with Gasteiger partial charge in [0.2, 0.25) is 0 Å². The Balaban J connectivity index is 4.42. The molecule has 5 heteroatoms. The fourth-order valence-electron chi connectivity index (χ4n) is 3.18. The standard InChI is InChI=1S/C21H39NO4/c1-6-7-8-9-11-17(23)12-10-13-20(2,3)16-21(4,5)18(24)14-22-15-19(25)26/h7-8,10,13,17-18,22-24H,6,9,11-12,14-16H2,1-5H3,(H,25,26)/b8-7-,13-10-. The van der Waals surface area contributed by atoms with Crippen molar-refractivity contribution in [1.29, 1.82) is 0 Å². The summed E-state index contributed by atoms with van der Waals surface area (Å²) >= 11 is 0. The molecule has 5 nitrogen and oxygen atoms in total. The molecule has 0 aliphatic rings. The summed E-state index contributed by atoms with van der Waals surface area (Å²) in [4.78, 5) is 10.6. The van der Waals surface area contributed by atoms with Gasteiger partial charge in [-0.05, 0) is 42.9 Å². The lowest BCUT2D eigenvalue weighted by atomic mass is 9.72. The largest absolute Gasteiger partial charge is 0.480 e. The number of rotatable bonds is 14. The SMILES string of the molecule is CC/C=C\CCC(O)C/C=C\C(C)(C)CC(C)(C)C(O)CNCC(=O)O. The zero-order valence-electron chi connectivity index (χ0n) is 17.2. The molecule has 0 saturated carbocycles. The molecule has 0 radical (unpaired) electrons. The van der Waals surface area contributed by atoms with Crippen molar-refractivity contribution in [1.82, 2.24) is 5.32 Å². The summed E-state index contributed by atoms with van der Waals surface area (Å²) in [5.41, 5.74) is -0.484. The average Bonchev–Trinajstić information content (AvgIpc) is 2.49. The molecule has 0 aliphatic carbocycles. The second-order valence-corrected chi connectivity index (χ2v) is 8.44. The maximum Gasteiger partial charge on any atom is 0.317 e. The van der Waals surface area contributed by atoms with Crippen molar-refractivity contribution in [3.8, 4) is 0 Å². The zero-order valence-corrected chi connectivity index (χ0v) is 17.2. The van der Waals surface area contributed by atoms with E-state index in [9.17, 15) is 15.0 Å². The van der Waals surface area contributed by atoms with Crippen LogP contribution in [-0.4, -0.2) is 46.6 Å². The van der Waals surface area contributed by atoms with E-state index in [4.69, 9.17) is 5.11 Å². The molecule has 0 fully saturated rings. The van der Waals surface area contributed by atoms with Crippen LogP contribution in [0.15, 0.2) is 24.3 Å². The van der Waals surface area contributed by atoms with E-state index in [-0.39, 0.29) is 30.0 Å². The molecular weight excluding hydrogens is 330 g/mol. The Morgan fingerprint density at radius 1 is 1.12 bits per heavy atom. The first-order valence-corrected chi connectivity index (χ1v) is 9.61. The molecule has 152 valence electrons. The van der Waals surface area contributed by atoms with Gasteiger partial charge in [0.1, 0.15) is 0 Å². The van der Waals surface area contributed by atoms with Gasteiger partial charge in [0.05, 0.1) is 18.8 Å². The molecule has 2 atom stereocenters. The summed E-state index contributed by atoms with van der Waals surface area (Å²) in [5, 5.41) is 31.8. The number of aliphatic carboxylic acids is 1. The van der Waals surface area contributed by atoms with Crippen LogP contribution in [-0.2, 0) is 4.79 Å². The van der Waals surface area contributed by atoms with E-state index in [2.05, 4.69) is 44.3 Å². The number of allylic oxidation sites excluding steroid dienone is 3. The number of carboxylic acids is 1. The van der Waals surface area contributed by atoms with Crippen LogP contribution in [0.4, 0.5) is 0 Å². The maximum absolute atomic E-state index is 10.6. The van der Waals surface area contributed by atoms with Crippen LogP contribution in [0.1, 0.15) is 66.7 Å². The minimum absolute atomic E-state index is 0.126. The first kappa shape index (κ1) is 24.8. The molecule has 0 aromatic rings. The van der Waals surface area contributed by atoms with Gasteiger partial charge in [-0.1, -0.05) is 58.9 Å². The van der Waals surface area contributed by atoms with Crippen molar-refractivity contribution in [3.63, 3.8) is 0 Å². The van der Waals surface area contributed by atoms with Gasteiger partial charge in [0.15, 0.2) is 0 Å². The van der Waals surface area contributed by atoms with E-state index in [1.165, 1.54) is 0 Å². The molecule has 4 N–H and O–H groups in total. The Labute approximate surface area is 159 Å². The predicted molar refractivity (Wildman–Crippen MR) is 107 cm³/mol. The highest BCUT2D eigenvalue weighted by molar-refractivity contribution is 5.68. The summed E-state index contributed by atoms with van der Waals surface area (Å²) in [5.74, 6) is -0.929. The third kappa shape index (κ3) is 12.2. The van der Waals surface area contributed by atoms with Crippen LogP contribution in [0, 0.1) is 10.8 Å². The van der Waals surface area contributed by atoms with Crippen LogP contribution < -0.4 is 5.32 Å². The quantitative estimate of drug-likeness (QED) is 0.352. The number of nitrogens with one attached hydrogen (secondary N) is 1. The lowest BCUT2D eigenvalue weighted by Gasteiger charge is -2.37. The van der Waals surface area contributed by atoms with Gasteiger partial charge in [-0.25, -0.2) is 0 Å².